The maximum absolute atomic E-state index is 11.5. The molecule has 0 aromatic heterocycles. The lowest BCUT2D eigenvalue weighted by atomic mass is 9.95. The third-order valence-electron chi connectivity index (χ3n) is 2.01. The topological polar surface area (TPSA) is 58.3 Å². The molecule has 4 nitrogen and oxygen atoms in total. The summed E-state index contributed by atoms with van der Waals surface area (Å²) in [4.78, 5) is 0. The summed E-state index contributed by atoms with van der Waals surface area (Å²) in [5, 5.41) is 22.7. The Morgan fingerprint density at radius 3 is 2.38 bits per heavy atom. The van der Waals surface area contributed by atoms with E-state index < -0.39 is 11.9 Å². The Morgan fingerprint density at radius 1 is 1.15 bits per heavy atom. The monoisotopic (exact) mass is 188 g/mol. The van der Waals surface area contributed by atoms with E-state index in [-0.39, 0.29) is 18.6 Å². The predicted octanol–water partition coefficient (Wildman–Crippen LogP) is 1.01. The zero-order valence-corrected chi connectivity index (χ0v) is 8.33. The quantitative estimate of drug-likeness (QED) is 0.569. The SMILES string of the molecule is CC1(C)COCC(C)([O])C([O])OC1. The van der Waals surface area contributed by atoms with Crippen molar-refractivity contribution in [1.29, 1.82) is 0 Å². The van der Waals surface area contributed by atoms with Crippen LogP contribution < -0.4 is 0 Å². The van der Waals surface area contributed by atoms with Gasteiger partial charge in [0.1, 0.15) is 0 Å². The van der Waals surface area contributed by atoms with Crippen molar-refractivity contribution < 1.29 is 19.7 Å². The van der Waals surface area contributed by atoms with E-state index in [0.29, 0.717) is 6.61 Å². The first-order valence-electron chi connectivity index (χ1n) is 4.39. The summed E-state index contributed by atoms with van der Waals surface area (Å²) < 4.78 is 10.1. The van der Waals surface area contributed by atoms with Crippen molar-refractivity contribution in [3.8, 4) is 0 Å². The molecular weight excluding hydrogens is 172 g/mol. The van der Waals surface area contributed by atoms with Crippen LogP contribution >= 0.6 is 0 Å². The van der Waals surface area contributed by atoms with Crippen LogP contribution in [-0.4, -0.2) is 31.7 Å². The van der Waals surface area contributed by atoms with E-state index >= 15 is 0 Å². The molecular formula is C9H16O4. The van der Waals surface area contributed by atoms with Crippen LogP contribution in [-0.2, 0) is 19.7 Å². The molecule has 1 rings (SSSR count). The molecule has 1 saturated heterocycles. The fourth-order valence-electron chi connectivity index (χ4n) is 1.12. The predicted molar refractivity (Wildman–Crippen MR) is 44.1 cm³/mol. The number of hydrogen-bond donors (Lipinski definition) is 0. The highest BCUT2D eigenvalue weighted by Crippen LogP contribution is 2.24. The molecule has 0 N–H and O–H groups in total. The van der Waals surface area contributed by atoms with Crippen LogP contribution in [0.15, 0.2) is 0 Å². The standard InChI is InChI=1S/C9H16O4/c1-8(2)4-12-6-9(3,11)7(10)13-5-8/h7H,4-6H2,1-3H3. The Kier molecular flexibility index (Phi) is 2.97. The van der Waals surface area contributed by atoms with Crippen molar-refractivity contribution in [2.45, 2.75) is 32.7 Å². The fraction of sp³-hybridized carbons (Fsp3) is 1.00. The fourth-order valence-corrected chi connectivity index (χ4v) is 1.12. The molecule has 1 aliphatic heterocycles. The molecule has 1 aliphatic rings. The smallest absolute Gasteiger partial charge is 0.225 e. The van der Waals surface area contributed by atoms with Crippen LogP contribution in [0, 0.1) is 5.41 Å². The molecule has 0 bridgehead atoms. The van der Waals surface area contributed by atoms with Gasteiger partial charge in [-0.3, -0.25) is 0 Å². The van der Waals surface area contributed by atoms with Crippen LogP contribution in [0.2, 0.25) is 0 Å². The number of ether oxygens (including phenoxy) is 2. The highest BCUT2D eigenvalue weighted by molar-refractivity contribution is 4.79. The van der Waals surface area contributed by atoms with Crippen LogP contribution in [0.25, 0.3) is 0 Å². The van der Waals surface area contributed by atoms with Gasteiger partial charge in [0.05, 0.1) is 19.8 Å². The molecule has 2 atom stereocenters. The maximum Gasteiger partial charge on any atom is 0.225 e. The summed E-state index contributed by atoms with van der Waals surface area (Å²) in [5.74, 6) is 0. The first kappa shape index (κ1) is 10.9. The van der Waals surface area contributed by atoms with Crippen molar-refractivity contribution in [3.63, 3.8) is 0 Å². The van der Waals surface area contributed by atoms with E-state index in [1.54, 1.807) is 0 Å². The van der Waals surface area contributed by atoms with Gasteiger partial charge in [-0.25, -0.2) is 5.11 Å². The van der Waals surface area contributed by atoms with Gasteiger partial charge in [-0.1, -0.05) is 13.8 Å². The summed E-state index contributed by atoms with van der Waals surface area (Å²) in [6.07, 6.45) is -1.54. The van der Waals surface area contributed by atoms with Gasteiger partial charge < -0.3 is 9.47 Å². The molecule has 0 amide bonds. The van der Waals surface area contributed by atoms with Gasteiger partial charge >= 0.3 is 0 Å². The second-order valence-corrected chi connectivity index (χ2v) is 4.61. The van der Waals surface area contributed by atoms with Gasteiger partial charge in [0, 0.05) is 5.41 Å². The Hall–Kier alpha value is -0.160. The molecule has 4 heteroatoms. The third-order valence-corrected chi connectivity index (χ3v) is 2.01. The van der Waals surface area contributed by atoms with Crippen LogP contribution in [0.5, 0.6) is 0 Å². The normalized spacial score (nSPS) is 40.8. The Labute approximate surface area is 78.5 Å². The molecule has 2 radical (unpaired) electrons. The van der Waals surface area contributed by atoms with Gasteiger partial charge in [-0.05, 0) is 6.92 Å². The molecule has 0 spiro atoms. The van der Waals surface area contributed by atoms with Crippen LogP contribution in [0.4, 0.5) is 0 Å². The van der Waals surface area contributed by atoms with E-state index in [0.717, 1.165) is 0 Å². The zero-order valence-electron chi connectivity index (χ0n) is 8.33. The molecule has 1 heterocycles. The zero-order chi connectivity index (χ0) is 10.1. The minimum Gasteiger partial charge on any atom is -0.377 e. The maximum atomic E-state index is 11.5. The van der Waals surface area contributed by atoms with Gasteiger partial charge in [0.2, 0.25) is 6.29 Å². The van der Waals surface area contributed by atoms with E-state index in [1.165, 1.54) is 6.92 Å². The first-order chi connectivity index (χ1) is 5.83. The summed E-state index contributed by atoms with van der Waals surface area (Å²) >= 11 is 0. The Morgan fingerprint density at radius 2 is 1.77 bits per heavy atom. The highest BCUT2D eigenvalue weighted by Gasteiger charge is 2.39. The molecule has 0 saturated carbocycles. The molecule has 0 aromatic carbocycles. The molecule has 2 unspecified atom stereocenters. The Bertz CT molecular complexity index is 176. The minimum atomic E-state index is -1.67. The lowest BCUT2D eigenvalue weighted by Crippen LogP contribution is -2.47. The summed E-state index contributed by atoms with van der Waals surface area (Å²) in [6.45, 7) is 5.85. The second-order valence-electron chi connectivity index (χ2n) is 4.61. The highest BCUT2D eigenvalue weighted by atomic mass is 16.6. The summed E-state index contributed by atoms with van der Waals surface area (Å²) in [6, 6.07) is 0. The molecule has 0 aliphatic carbocycles. The van der Waals surface area contributed by atoms with E-state index in [9.17, 15) is 10.2 Å². The lowest BCUT2D eigenvalue weighted by molar-refractivity contribution is -0.290. The van der Waals surface area contributed by atoms with Gasteiger partial charge in [-0.2, -0.15) is 5.11 Å². The molecule has 1 fully saturated rings. The van der Waals surface area contributed by atoms with Crippen molar-refractivity contribution >= 4 is 0 Å². The van der Waals surface area contributed by atoms with Gasteiger partial charge in [-0.15, -0.1) is 0 Å². The largest absolute Gasteiger partial charge is 0.377 e. The Balaban J connectivity index is 2.59. The lowest BCUT2D eigenvalue weighted by Gasteiger charge is -2.33. The number of hydrogen-bond acceptors (Lipinski definition) is 2. The van der Waals surface area contributed by atoms with Crippen molar-refractivity contribution in [2.75, 3.05) is 19.8 Å². The van der Waals surface area contributed by atoms with Crippen molar-refractivity contribution in [2.24, 2.45) is 5.41 Å². The van der Waals surface area contributed by atoms with Crippen molar-refractivity contribution in [3.05, 3.63) is 0 Å². The number of rotatable bonds is 0. The summed E-state index contributed by atoms with van der Waals surface area (Å²) in [7, 11) is 0. The van der Waals surface area contributed by atoms with Gasteiger partial charge in [0.15, 0.2) is 5.60 Å². The minimum absolute atomic E-state index is 0.0788. The first-order valence-corrected chi connectivity index (χ1v) is 4.39. The van der Waals surface area contributed by atoms with E-state index in [4.69, 9.17) is 9.47 Å². The molecule has 13 heavy (non-hydrogen) atoms. The van der Waals surface area contributed by atoms with E-state index in [2.05, 4.69) is 0 Å². The third kappa shape index (κ3) is 2.91. The molecule has 0 aromatic rings. The van der Waals surface area contributed by atoms with E-state index in [1.807, 2.05) is 13.8 Å². The molecule has 76 valence electrons. The van der Waals surface area contributed by atoms with Crippen LogP contribution in [0.1, 0.15) is 20.8 Å². The second kappa shape index (κ2) is 3.53. The van der Waals surface area contributed by atoms with Gasteiger partial charge in [0.25, 0.3) is 0 Å². The summed E-state index contributed by atoms with van der Waals surface area (Å²) in [5.41, 5.74) is -1.85. The average Bonchev–Trinajstić information content (AvgIpc) is 1.98. The van der Waals surface area contributed by atoms with Crippen molar-refractivity contribution in [1.82, 2.24) is 0 Å². The van der Waals surface area contributed by atoms with Crippen LogP contribution in [0.3, 0.4) is 0 Å². The average molecular weight is 188 g/mol.